The number of nitrogens with one attached hydrogen (secondary N) is 2. The Morgan fingerprint density at radius 2 is 1.95 bits per heavy atom. The minimum absolute atomic E-state index is 0.0115. The van der Waals surface area contributed by atoms with Crippen molar-refractivity contribution in [2.45, 2.75) is 40.0 Å². The molecule has 0 aliphatic rings. The summed E-state index contributed by atoms with van der Waals surface area (Å²) in [6, 6.07) is -0.449. The predicted octanol–water partition coefficient (Wildman–Crippen LogP) is 0.953. The lowest BCUT2D eigenvalue weighted by Crippen LogP contribution is -2.45. The molecule has 6 heteroatoms. The molecular weight excluding hydrogens is 258 g/mol. The number of hydrogen-bond donors (Lipinski definition) is 3. The van der Waals surface area contributed by atoms with Gasteiger partial charge in [0, 0.05) is 13.1 Å². The van der Waals surface area contributed by atoms with Gasteiger partial charge in [-0.2, -0.15) is 0 Å². The molecule has 3 amide bonds. The van der Waals surface area contributed by atoms with Crippen LogP contribution in [-0.2, 0) is 4.79 Å². The van der Waals surface area contributed by atoms with Crippen molar-refractivity contribution in [1.82, 2.24) is 15.5 Å². The number of hydrogen-bond acceptors (Lipinski definition) is 4. The molecule has 0 aromatic rings. The summed E-state index contributed by atoms with van der Waals surface area (Å²) in [5, 5.41) is 13.9. The first-order chi connectivity index (χ1) is 9.49. The second-order valence-electron chi connectivity index (χ2n) is 5.34. The quantitative estimate of drug-likeness (QED) is 0.559. The largest absolute Gasteiger partial charge is 0.395 e. The number of carbonyl (C=O) groups excluding carboxylic acids is 2. The Labute approximate surface area is 121 Å². The zero-order valence-corrected chi connectivity index (χ0v) is 12.9. The highest BCUT2D eigenvalue weighted by Crippen LogP contribution is 1.96. The molecule has 118 valence electrons. The van der Waals surface area contributed by atoms with Crippen LogP contribution in [0.4, 0.5) is 4.79 Å². The van der Waals surface area contributed by atoms with Gasteiger partial charge in [-0.1, -0.05) is 27.2 Å². The van der Waals surface area contributed by atoms with E-state index in [9.17, 15) is 9.59 Å². The molecule has 0 spiro atoms. The van der Waals surface area contributed by atoms with Crippen molar-refractivity contribution < 1.29 is 14.7 Å². The van der Waals surface area contributed by atoms with E-state index in [1.165, 1.54) is 0 Å². The van der Waals surface area contributed by atoms with Gasteiger partial charge in [0.05, 0.1) is 13.2 Å². The van der Waals surface area contributed by atoms with Crippen molar-refractivity contribution in [3.63, 3.8) is 0 Å². The molecule has 0 fully saturated rings. The van der Waals surface area contributed by atoms with Crippen molar-refractivity contribution >= 4 is 11.9 Å². The maximum atomic E-state index is 11.7. The van der Waals surface area contributed by atoms with Gasteiger partial charge in [-0.15, -0.1) is 0 Å². The van der Waals surface area contributed by atoms with E-state index in [4.69, 9.17) is 5.11 Å². The lowest BCUT2D eigenvalue weighted by atomic mass is 10.1. The SMILES string of the molecule is CCCCN(CCO)CC(=O)NC(=O)NCCC(C)C. The first-order valence-electron chi connectivity index (χ1n) is 7.40. The molecule has 3 N–H and O–H groups in total. The van der Waals surface area contributed by atoms with E-state index < -0.39 is 6.03 Å². The van der Waals surface area contributed by atoms with E-state index in [-0.39, 0.29) is 19.1 Å². The lowest BCUT2D eigenvalue weighted by Gasteiger charge is -2.20. The molecule has 0 bridgehead atoms. The van der Waals surface area contributed by atoms with Crippen LogP contribution in [0, 0.1) is 5.92 Å². The minimum Gasteiger partial charge on any atom is -0.395 e. The minimum atomic E-state index is -0.449. The summed E-state index contributed by atoms with van der Waals surface area (Å²) in [6.07, 6.45) is 2.88. The van der Waals surface area contributed by atoms with Crippen LogP contribution >= 0.6 is 0 Å². The number of imide groups is 1. The lowest BCUT2D eigenvalue weighted by molar-refractivity contribution is -0.121. The van der Waals surface area contributed by atoms with Crippen molar-refractivity contribution in [2.75, 3.05) is 32.8 Å². The van der Waals surface area contributed by atoms with E-state index in [1.807, 2.05) is 4.90 Å². The third-order valence-electron chi connectivity index (χ3n) is 2.87. The van der Waals surface area contributed by atoms with Crippen LogP contribution in [0.2, 0.25) is 0 Å². The van der Waals surface area contributed by atoms with Crippen LogP contribution in [0.3, 0.4) is 0 Å². The van der Waals surface area contributed by atoms with E-state index in [1.54, 1.807) is 0 Å². The maximum absolute atomic E-state index is 11.7. The van der Waals surface area contributed by atoms with Crippen LogP contribution in [0.15, 0.2) is 0 Å². The van der Waals surface area contributed by atoms with E-state index in [0.717, 1.165) is 25.8 Å². The fraction of sp³-hybridized carbons (Fsp3) is 0.857. The molecule has 0 aromatic heterocycles. The molecule has 20 heavy (non-hydrogen) atoms. The molecule has 0 heterocycles. The normalized spacial score (nSPS) is 10.9. The number of rotatable bonds is 10. The third kappa shape index (κ3) is 10.8. The zero-order chi connectivity index (χ0) is 15.4. The first-order valence-corrected chi connectivity index (χ1v) is 7.40. The molecule has 0 aliphatic heterocycles. The second kappa shape index (κ2) is 11.7. The third-order valence-corrected chi connectivity index (χ3v) is 2.87. The molecule has 0 unspecified atom stereocenters. The highest BCUT2D eigenvalue weighted by atomic mass is 16.3. The van der Waals surface area contributed by atoms with Gasteiger partial charge in [-0.05, 0) is 25.3 Å². The maximum Gasteiger partial charge on any atom is 0.321 e. The van der Waals surface area contributed by atoms with Gasteiger partial charge in [0.1, 0.15) is 0 Å². The van der Waals surface area contributed by atoms with Crippen LogP contribution in [-0.4, -0.2) is 54.7 Å². The molecule has 0 rings (SSSR count). The van der Waals surface area contributed by atoms with Crippen LogP contribution in [0.25, 0.3) is 0 Å². The van der Waals surface area contributed by atoms with Gasteiger partial charge in [-0.3, -0.25) is 15.0 Å². The Hall–Kier alpha value is -1.14. The van der Waals surface area contributed by atoms with Gasteiger partial charge in [0.15, 0.2) is 0 Å². The summed E-state index contributed by atoms with van der Waals surface area (Å²) in [5.41, 5.74) is 0. The van der Waals surface area contributed by atoms with Gasteiger partial charge < -0.3 is 10.4 Å². The average molecular weight is 287 g/mol. The Kier molecular flexibility index (Phi) is 11.0. The monoisotopic (exact) mass is 287 g/mol. The Balaban J connectivity index is 3.95. The van der Waals surface area contributed by atoms with Crippen molar-refractivity contribution in [3.05, 3.63) is 0 Å². The number of nitrogens with zero attached hydrogens (tertiary/aromatic N) is 1. The highest BCUT2D eigenvalue weighted by molar-refractivity contribution is 5.95. The van der Waals surface area contributed by atoms with E-state index in [2.05, 4.69) is 31.4 Å². The Morgan fingerprint density at radius 1 is 1.25 bits per heavy atom. The number of carbonyl (C=O) groups is 2. The van der Waals surface area contributed by atoms with Crippen LogP contribution < -0.4 is 10.6 Å². The van der Waals surface area contributed by atoms with Gasteiger partial charge in [-0.25, -0.2) is 4.79 Å². The highest BCUT2D eigenvalue weighted by Gasteiger charge is 2.12. The smallest absolute Gasteiger partial charge is 0.321 e. The molecule has 0 atom stereocenters. The molecule has 0 radical (unpaired) electrons. The molecule has 6 nitrogen and oxygen atoms in total. The number of urea groups is 1. The number of aliphatic hydroxyl groups excluding tert-OH is 1. The van der Waals surface area contributed by atoms with Gasteiger partial charge >= 0.3 is 6.03 Å². The van der Waals surface area contributed by atoms with E-state index in [0.29, 0.717) is 19.0 Å². The molecule has 0 aliphatic carbocycles. The van der Waals surface area contributed by atoms with Crippen LogP contribution in [0.5, 0.6) is 0 Å². The van der Waals surface area contributed by atoms with Crippen molar-refractivity contribution in [3.8, 4) is 0 Å². The second-order valence-corrected chi connectivity index (χ2v) is 5.34. The van der Waals surface area contributed by atoms with Crippen LogP contribution in [0.1, 0.15) is 40.0 Å². The van der Waals surface area contributed by atoms with Gasteiger partial charge in [0.25, 0.3) is 0 Å². The van der Waals surface area contributed by atoms with E-state index >= 15 is 0 Å². The standard InChI is InChI=1S/C14H29N3O3/c1-4-5-8-17(9-10-18)11-13(19)16-14(20)15-7-6-12(2)3/h12,18H,4-11H2,1-3H3,(H2,15,16,19,20). The number of aliphatic hydroxyl groups is 1. The summed E-state index contributed by atoms with van der Waals surface area (Å²) < 4.78 is 0. The van der Waals surface area contributed by atoms with Gasteiger partial charge in [0.2, 0.25) is 5.91 Å². The topological polar surface area (TPSA) is 81.7 Å². The molecular formula is C14H29N3O3. The Morgan fingerprint density at radius 3 is 2.50 bits per heavy atom. The molecule has 0 aromatic carbocycles. The zero-order valence-electron chi connectivity index (χ0n) is 12.9. The summed E-state index contributed by atoms with van der Waals surface area (Å²) in [5.74, 6) is 0.177. The molecule has 0 saturated heterocycles. The summed E-state index contributed by atoms with van der Waals surface area (Å²) in [7, 11) is 0. The summed E-state index contributed by atoms with van der Waals surface area (Å²) >= 11 is 0. The number of unbranched alkanes of at least 4 members (excludes halogenated alkanes) is 1. The first kappa shape index (κ1) is 18.9. The summed E-state index contributed by atoms with van der Waals surface area (Å²) in [4.78, 5) is 25.0. The fourth-order valence-electron chi connectivity index (χ4n) is 1.68. The van der Waals surface area contributed by atoms with Crippen molar-refractivity contribution in [1.29, 1.82) is 0 Å². The average Bonchev–Trinajstić information content (AvgIpc) is 2.35. The molecule has 0 saturated carbocycles. The number of amides is 3. The fourth-order valence-corrected chi connectivity index (χ4v) is 1.68. The predicted molar refractivity (Wildman–Crippen MR) is 79.4 cm³/mol. The van der Waals surface area contributed by atoms with Crippen molar-refractivity contribution in [2.24, 2.45) is 5.92 Å². The summed E-state index contributed by atoms with van der Waals surface area (Å²) in [6.45, 7) is 8.13. The Bertz CT molecular complexity index is 283.